The molecule has 5 aliphatic rings. The standard InChI is InChI=1S/C29H28F3N3O3.C28H28F3N3O2/c1-34-27(23-8-6-19(17-33)15-20(23)7-5-18-11-13-38-14-12-18)26-24(9-10-25(26)36)35(28(34)37)22-4-2-3-21(16-22)29(30,31)32;1-27(2,3)13-12-18-14-17(16-32)8-9-21(18)25-24-22(10-11-23(24)35)34(26(36)33(25)4)20-7-5-6-19(15-20)28(29,30)31/h2-4,6,8,15-16,18,27H,5,7,9-14H2,1H3;5-9,14-15,25H,10-13H2,1-4H3/t27-;25-/m11/s1. The van der Waals surface area contributed by atoms with Crippen molar-refractivity contribution >= 4 is 35.0 Å². The van der Waals surface area contributed by atoms with Gasteiger partial charge in [-0.1, -0.05) is 45.0 Å². The van der Waals surface area contributed by atoms with Gasteiger partial charge in [0, 0.05) is 62.7 Å². The minimum atomic E-state index is -4.56. The van der Waals surface area contributed by atoms with Gasteiger partial charge in [-0.2, -0.15) is 36.9 Å². The van der Waals surface area contributed by atoms with Crippen LogP contribution in [-0.2, 0) is 39.5 Å². The summed E-state index contributed by atoms with van der Waals surface area (Å²) in [4.78, 5) is 59.1. The first-order valence-electron chi connectivity index (χ1n) is 24.6. The van der Waals surface area contributed by atoms with Gasteiger partial charge in [-0.15, -0.1) is 0 Å². The monoisotopic (exact) mass is 1020 g/mol. The molecule has 0 saturated carbocycles. The Labute approximate surface area is 426 Å². The van der Waals surface area contributed by atoms with Crippen molar-refractivity contribution in [3.8, 4) is 12.1 Å². The third kappa shape index (κ3) is 10.9. The minimum Gasteiger partial charge on any atom is -0.381 e. The Morgan fingerprint density at radius 3 is 1.43 bits per heavy atom. The number of halogens is 6. The maximum atomic E-state index is 13.7. The van der Waals surface area contributed by atoms with Gasteiger partial charge in [0.1, 0.15) is 0 Å². The Morgan fingerprint density at radius 1 is 0.595 bits per heavy atom. The first-order valence-corrected chi connectivity index (χ1v) is 24.6. The predicted octanol–water partition coefficient (Wildman–Crippen LogP) is 13.0. The van der Waals surface area contributed by atoms with Gasteiger partial charge in [-0.3, -0.25) is 19.4 Å². The van der Waals surface area contributed by atoms with Crippen LogP contribution in [0.25, 0.3) is 0 Å². The normalized spacial score (nSPS) is 19.6. The fraction of sp³-hybridized carbons (Fsp3) is 0.404. The number of nitrogens with zero attached hydrogens (tertiary/aromatic N) is 6. The lowest BCUT2D eigenvalue weighted by molar-refractivity contribution is -0.138. The highest BCUT2D eigenvalue weighted by molar-refractivity contribution is 6.09. The fourth-order valence-corrected chi connectivity index (χ4v) is 10.7. The molecule has 2 atom stereocenters. The van der Waals surface area contributed by atoms with Crippen LogP contribution < -0.4 is 9.80 Å². The molecule has 4 amide bonds. The number of anilines is 2. The number of hydrogen-bond donors (Lipinski definition) is 0. The van der Waals surface area contributed by atoms with Gasteiger partial charge in [0.25, 0.3) is 0 Å². The number of amides is 4. The number of nitriles is 2. The van der Waals surface area contributed by atoms with E-state index in [1.807, 2.05) is 12.1 Å². The van der Waals surface area contributed by atoms with Crippen LogP contribution >= 0.6 is 0 Å². The summed E-state index contributed by atoms with van der Waals surface area (Å²) in [7, 11) is 3.14. The molecule has 1 fully saturated rings. The molecular weight excluding hydrogens is 963 g/mol. The molecule has 4 aromatic rings. The zero-order valence-electron chi connectivity index (χ0n) is 41.8. The molecule has 1 saturated heterocycles. The number of carbonyl (C=O) groups is 4. The second-order valence-corrected chi connectivity index (χ2v) is 20.6. The van der Waals surface area contributed by atoms with Crippen molar-refractivity contribution in [2.45, 2.75) is 109 Å². The molecule has 0 unspecified atom stereocenters. The largest absolute Gasteiger partial charge is 0.416 e. The van der Waals surface area contributed by atoms with Crippen LogP contribution in [0.4, 0.5) is 47.3 Å². The number of allylic oxidation sites excluding steroid dienone is 2. The first-order chi connectivity index (χ1) is 35.0. The molecule has 9 rings (SSSR count). The number of benzene rings is 4. The van der Waals surface area contributed by atoms with Gasteiger partial charge < -0.3 is 14.5 Å². The zero-order chi connectivity index (χ0) is 53.4. The van der Waals surface area contributed by atoms with E-state index >= 15 is 0 Å². The summed E-state index contributed by atoms with van der Waals surface area (Å²) in [5.41, 5.74) is 4.53. The van der Waals surface area contributed by atoms with E-state index in [2.05, 4.69) is 32.9 Å². The van der Waals surface area contributed by atoms with E-state index in [9.17, 15) is 56.0 Å². The van der Waals surface area contributed by atoms with E-state index < -0.39 is 47.6 Å². The van der Waals surface area contributed by atoms with Gasteiger partial charge in [0.15, 0.2) is 11.6 Å². The van der Waals surface area contributed by atoms with E-state index in [0.717, 1.165) is 85.4 Å². The van der Waals surface area contributed by atoms with E-state index in [4.69, 9.17) is 4.74 Å². The number of rotatable bonds is 9. The Bertz CT molecular complexity index is 3040. The average molecular weight is 1020 g/mol. The van der Waals surface area contributed by atoms with Crippen molar-refractivity contribution in [2.75, 3.05) is 37.1 Å². The molecule has 74 heavy (non-hydrogen) atoms. The molecular formula is C57H56F6N6O5. The molecule has 3 heterocycles. The lowest BCUT2D eigenvalue weighted by Crippen LogP contribution is -2.48. The van der Waals surface area contributed by atoms with E-state index in [0.29, 0.717) is 52.4 Å². The fourth-order valence-electron chi connectivity index (χ4n) is 10.7. The van der Waals surface area contributed by atoms with Crippen molar-refractivity contribution in [2.24, 2.45) is 11.3 Å². The second kappa shape index (κ2) is 20.9. The van der Waals surface area contributed by atoms with Crippen LogP contribution in [0.5, 0.6) is 0 Å². The van der Waals surface area contributed by atoms with Gasteiger partial charge in [0.2, 0.25) is 0 Å². The van der Waals surface area contributed by atoms with Crippen LogP contribution in [-0.4, -0.2) is 60.7 Å². The highest BCUT2D eigenvalue weighted by atomic mass is 19.4. The summed E-state index contributed by atoms with van der Waals surface area (Å²) < 4.78 is 85.9. The Morgan fingerprint density at radius 2 is 1.03 bits per heavy atom. The molecule has 11 nitrogen and oxygen atoms in total. The number of aryl methyl sites for hydroxylation is 2. The van der Waals surface area contributed by atoms with Crippen molar-refractivity contribution < 1.29 is 50.3 Å². The van der Waals surface area contributed by atoms with E-state index in [1.165, 1.54) is 43.9 Å². The molecule has 0 spiro atoms. The van der Waals surface area contributed by atoms with Gasteiger partial charge >= 0.3 is 24.4 Å². The predicted molar refractivity (Wildman–Crippen MR) is 264 cm³/mol. The molecule has 0 N–H and O–H groups in total. The maximum Gasteiger partial charge on any atom is 0.416 e. The summed E-state index contributed by atoms with van der Waals surface area (Å²) in [6.45, 7) is 7.80. The summed E-state index contributed by atoms with van der Waals surface area (Å²) in [5, 5.41) is 19.0. The lowest BCUT2D eigenvalue weighted by atomic mass is 9.84. The number of alkyl halides is 6. The third-order valence-electron chi connectivity index (χ3n) is 14.6. The molecule has 17 heteroatoms. The summed E-state index contributed by atoms with van der Waals surface area (Å²) >= 11 is 0. The number of likely N-dealkylation sites (N-methyl/N-ethyl adjacent to an activating group) is 2. The van der Waals surface area contributed by atoms with Gasteiger partial charge in [0.05, 0.1) is 57.9 Å². The molecule has 386 valence electrons. The van der Waals surface area contributed by atoms with Crippen LogP contribution in [0.3, 0.4) is 0 Å². The van der Waals surface area contributed by atoms with Crippen molar-refractivity contribution in [3.05, 3.63) is 152 Å². The van der Waals surface area contributed by atoms with E-state index in [1.54, 1.807) is 38.4 Å². The SMILES string of the molecule is CN1C(=O)N(c2cccc(C(F)(F)F)c2)C2=C(C(=O)CC2)[C@H]1c1ccc(C#N)cc1CCC(C)(C)C.CN1C(=O)N(c2cccc(C(F)(F)F)c2)C2=C(C(=O)CC2)[C@H]1c1ccc(C#N)cc1CCC1CCOCC1. The Hall–Kier alpha value is -7.24. The number of ether oxygens (including phenoxy) is 1. The lowest BCUT2D eigenvalue weighted by Gasteiger charge is -2.41. The first kappa shape index (κ1) is 53.1. The topological polar surface area (TPSA) is 138 Å². The second-order valence-electron chi connectivity index (χ2n) is 20.6. The van der Waals surface area contributed by atoms with Crippen LogP contribution in [0.2, 0.25) is 0 Å². The van der Waals surface area contributed by atoms with Crippen molar-refractivity contribution in [1.82, 2.24) is 9.80 Å². The Kier molecular flexibility index (Phi) is 15.0. The number of hydrogen-bond acceptors (Lipinski definition) is 7. The molecule has 0 radical (unpaired) electrons. The Balaban J connectivity index is 0.000000197. The molecule has 0 aromatic heterocycles. The van der Waals surface area contributed by atoms with Crippen LogP contribution in [0, 0.1) is 34.0 Å². The van der Waals surface area contributed by atoms with Crippen LogP contribution in [0.1, 0.15) is 129 Å². The van der Waals surface area contributed by atoms with E-state index in [-0.39, 0.29) is 54.0 Å². The average Bonchev–Trinajstić information content (AvgIpc) is 3.94. The highest BCUT2D eigenvalue weighted by Crippen LogP contribution is 2.48. The van der Waals surface area contributed by atoms with Gasteiger partial charge in [-0.25, -0.2) is 9.59 Å². The number of urea groups is 2. The van der Waals surface area contributed by atoms with Crippen LogP contribution in [0.15, 0.2) is 107 Å². The molecule has 4 aromatic carbocycles. The number of ketones is 2. The number of carbonyl (C=O) groups excluding carboxylic acids is 4. The van der Waals surface area contributed by atoms with Crippen molar-refractivity contribution in [1.29, 1.82) is 10.5 Å². The van der Waals surface area contributed by atoms with Gasteiger partial charge in [-0.05, 0) is 146 Å². The smallest absolute Gasteiger partial charge is 0.381 e. The van der Waals surface area contributed by atoms with Crippen molar-refractivity contribution in [3.63, 3.8) is 0 Å². The number of Topliss-reactive ketones (excluding diaryl/α,β-unsaturated/α-hetero) is 2. The quantitative estimate of drug-likeness (QED) is 0.152. The summed E-state index contributed by atoms with van der Waals surface area (Å²) in [6, 6.07) is 21.8. The molecule has 0 bridgehead atoms. The zero-order valence-corrected chi connectivity index (χ0v) is 41.8. The third-order valence-corrected chi connectivity index (χ3v) is 14.6. The maximum absolute atomic E-state index is 13.7. The minimum absolute atomic E-state index is 0.0299. The molecule has 3 aliphatic heterocycles. The summed E-state index contributed by atoms with van der Waals surface area (Å²) in [6.07, 6.45) is -3.21. The summed E-state index contributed by atoms with van der Waals surface area (Å²) in [5.74, 6) is 0.242. The highest BCUT2D eigenvalue weighted by Gasteiger charge is 2.47. The molecule has 2 aliphatic carbocycles.